The van der Waals surface area contributed by atoms with E-state index < -0.39 is 33.6 Å². The standard InChI is InChI=1S/C16H16O9S/c1-16(8-2-3-11(18)13(20)4-8)15(25-26(21,22)23)7-10-12(19)5-9(17)6-14(10)24-16/h2-6,15,17-20H,7H2,1H3,(H,21,22,23). The lowest BCUT2D eigenvalue weighted by molar-refractivity contribution is -0.0473. The van der Waals surface area contributed by atoms with E-state index in [1.54, 1.807) is 0 Å². The van der Waals surface area contributed by atoms with Gasteiger partial charge < -0.3 is 25.2 Å². The maximum atomic E-state index is 11.3. The van der Waals surface area contributed by atoms with E-state index in [-0.39, 0.29) is 34.8 Å². The average molecular weight is 384 g/mol. The van der Waals surface area contributed by atoms with E-state index in [1.807, 2.05) is 0 Å². The van der Waals surface area contributed by atoms with Crippen molar-refractivity contribution in [3.05, 3.63) is 41.5 Å². The Hall–Kier alpha value is -2.69. The molecule has 5 N–H and O–H groups in total. The van der Waals surface area contributed by atoms with E-state index in [9.17, 15) is 28.8 Å². The molecule has 140 valence electrons. The zero-order chi connectivity index (χ0) is 19.3. The number of hydrogen-bond donors (Lipinski definition) is 5. The Bertz CT molecular complexity index is 970. The molecule has 1 heterocycles. The number of aromatic hydroxyl groups is 4. The van der Waals surface area contributed by atoms with Crippen LogP contribution in [0.25, 0.3) is 0 Å². The van der Waals surface area contributed by atoms with Gasteiger partial charge >= 0.3 is 10.4 Å². The summed E-state index contributed by atoms with van der Waals surface area (Å²) < 4.78 is 42.2. The van der Waals surface area contributed by atoms with Crippen LogP contribution in [0.1, 0.15) is 18.1 Å². The number of fused-ring (bicyclic) bond motifs is 1. The highest BCUT2D eigenvalue weighted by atomic mass is 32.3. The predicted molar refractivity (Wildman–Crippen MR) is 87.6 cm³/mol. The van der Waals surface area contributed by atoms with Crippen molar-refractivity contribution in [1.29, 1.82) is 0 Å². The van der Waals surface area contributed by atoms with Gasteiger partial charge in [-0.05, 0) is 19.1 Å². The lowest BCUT2D eigenvalue weighted by atomic mass is 9.83. The molecule has 10 heteroatoms. The Morgan fingerprint density at radius 3 is 2.38 bits per heavy atom. The molecule has 0 bridgehead atoms. The quantitative estimate of drug-likeness (QED) is 0.391. The summed E-state index contributed by atoms with van der Waals surface area (Å²) in [5.74, 6) is -1.39. The van der Waals surface area contributed by atoms with Crippen LogP contribution in [0.5, 0.6) is 28.7 Å². The average Bonchev–Trinajstić information content (AvgIpc) is 2.50. The summed E-state index contributed by atoms with van der Waals surface area (Å²) in [6, 6.07) is 6.00. The van der Waals surface area contributed by atoms with Gasteiger partial charge in [-0.1, -0.05) is 6.07 Å². The molecule has 0 radical (unpaired) electrons. The number of ether oxygens (including phenoxy) is 1. The maximum absolute atomic E-state index is 11.3. The van der Waals surface area contributed by atoms with Gasteiger partial charge in [-0.15, -0.1) is 0 Å². The summed E-state index contributed by atoms with van der Waals surface area (Å²) in [4.78, 5) is 0. The molecule has 0 fully saturated rings. The fourth-order valence-electron chi connectivity index (χ4n) is 2.94. The van der Waals surface area contributed by atoms with E-state index in [2.05, 4.69) is 0 Å². The van der Waals surface area contributed by atoms with Crippen LogP contribution in [-0.4, -0.2) is 39.5 Å². The molecule has 2 aromatic carbocycles. The fourth-order valence-corrected chi connectivity index (χ4v) is 3.48. The Labute approximate surface area is 148 Å². The lowest BCUT2D eigenvalue weighted by Crippen LogP contribution is -2.48. The van der Waals surface area contributed by atoms with Gasteiger partial charge in [0.05, 0.1) is 0 Å². The summed E-state index contributed by atoms with van der Waals surface area (Å²) in [6.45, 7) is 1.44. The topological polar surface area (TPSA) is 154 Å². The van der Waals surface area contributed by atoms with Crippen molar-refractivity contribution in [2.75, 3.05) is 0 Å². The van der Waals surface area contributed by atoms with Crippen molar-refractivity contribution in [3.8, 4) is 28.7 Å². The van der Waals surface area contributed by atoms with Gasteiger partial charge in [0.1, 0.15) is 23.4 Å². The molecule has 0 spiro atoms. The molecule has 9 nitrogen and oxygen atoms in total. The highest BCUT2D eigenvalue weighted by Crippen LogP contribution is 2.46. The Kier molecular flexibility index (Phi) is 4.14. The lowest BCUT2D eigenvalue weighted by Gasteiger charge is -2.41. The third-order valence-electron chi connectivity index (χ3n) is 4.28. The van der Waals surface area contributed by atoms with Gasteiger partial charge in [-0.3, -0.25) is 4.55 Å². The van der Waals surface area contributed by atoms with Crippen LogP contribution in [0, 0.1) is 0 Å². The maximum Gasteiger partial charge on any atom is 0.397 e. The normalized spacial score (nSPS) is 22.5. The van der Waals surface area contributed by atoms with Gasteiger partial charge in [0.25, 0.3) is 0 Å². The van der Waals surface area contributed by atoms with Crippen LogP contribution in [-0.2, 0) is 26.6 Å². The van der Waals surface area contributed by atoms with Gasteiger partial charge in [0.2, 0.25) is 0 Å². The second-order valence-corrected chi connectivity index (χ2v) is 7.12. The van der Waals surface area contributed by atoms with E-state index in [0.717, 1.165) is 12.1 Å². The molecular formula is C16H16O9S. The van der Waals surface area contributed by atoms with Crippen LogP contribution >= 0.6 is 0 Å². The van der Waals surface area contributed by atoms with Crippen LogP contribution in [0.4, 0.5) is 0 Å². The van der Waals surface area contributed by atoms with Gasteiger partial charge in [0, 0.05) is 29.7 Å². The zero-order valence-electron chi connectivity index (χ0n) is 13.4. The molecule has 1 aliphatic rings. The number of benzene rings is 2. The Morgan fingerprint density at radius 2 is 1.77 bits per heavy atom. The molecule has 2 atom stereocenters. The van der Waals surface area contributed by atoms with Gasteiger partial charge in [-0.2, -0.15) is 8.42 Å². The minimum atomic E-state index is -4.87. The number of hydrogen-bond acceptors (Lipinski definition) is 8. The third-order valence-corrected chi connectivity index (χ3v) is 4.76. The van der Waals surface area contributed by atoms with Gasteiger partial charge in [-0.25, -0.2) is 4.18 Å². The first kappa shape index (κ1) is 18.1. The van der Waals surface area contributed by atoms with Crippen LogP contribution in [0.3, 0.4) is 0 Å². The molecule has 2 unspecified atom stereocenters. The second-order valence-electron chi connectivity index (χ2n) is 6.07. The largest absolute Gasteiger partial charge is 0.508 e. The van der Waals surface area contributed by atoms with Crippen LogP contribution in [0.15, 0.2) is 30.3 Å². The van der Waals surface area contributed by atoms with E-state index in [0.29, 0.717) is 0 Å². The molecule has 0 saturated carbocycles. The first-order valence-electron chi connectivity index (χ1n) is 7.41. The molecule has 0 aliphatic carbocycles. The van der Waals surface area contributed by atoms with E-state index in [4.69, 9.17) is 13.5 Å². The molecule has 3 rings (SSSR count). The molecule has 0 amide bonds. The molecule has 2 aromatic rings. The fraction of sp³-hybridized carbons (Fsp3) is 0.250. The van der Waals surface area contributed by atoms with Crippen molar-refractivity contribution in [1.82, 2.24) is 0 Å². The van der Waals surface area contributed by atoms with Crippen molar-refractivity contribution in [3.63, 3.8) is 0 Å². The first-order valence-corrected chi connectivity index (χ1v) is 8.78. The number of phenols is 4. The highest BCUT2D eigenvalue weighted by Gasteiger charge is 2.46. The third kappa shape index (κ3) is 3.21. The van der Waals surface area contributed by atoms with Crippen molar-refractivity contribution >= 4 is 10.4 Å². The summed E-state index contributed by atoms with van der Waals surface area (Å²) in [6.07, 6.45) is -1.50. The van der Waals surface area contributed by atoms with Crippen molar-refractivity contribution < 1.29 is 42.3 Å². The number of phenolic OH excluding ortho intramolecular Hbond substituents is 4. The Morgan fingerprint density at radius 1 is 1.08 bits per heavy atom. The van der Waals surface area contributed by atoms with E-state index in [1.165, 1.54) is 25.1 Å². The smallest absolute Gasteiger partial charge is 0.397 e. The molecule has 26 heavy (non-hydrogen) atoms. The zero-order valence-corrected chi connectivity index (χ0v) is 14.3. The SMILES string of the molecule is CC1(c2ccc(O)c(O)c2)Oc2cc(O)cc(O)c2CC1OS(=O)(=O)O. The van der Waals surface area contributed by atoms with E-state index >= 15 is 0 Å². The summed E-state index contributed by atoms with van der Waals surface area (Å²) in [7, 11) is -4.87. The molecular weight excluding hydrogens is 368 g/mol. The van der Waals surface area contributed by atoms with Crippen molar-refractivity contribution in [2.24, 2.45) is 0 Å². The highest BCUT2D eigenvalue weighted by molar-refractivity contribution is 7.80. The summed E-state index contributed by atoms with van der Waals surface area (Å²) in [5, 5.41) is 38.9. The minimum absolute atomic E-state index is 0.0766. The monoisotopic (exact) mass is 384 g/mol. The molecule has 0 aromatic heterocycles. The minimum Gasteiger partial charge on any atom is -0.508 e. The molecule has 0 saturated heterocycles. The second kappa shape index (κ2) is 5.94. The Balaban J connectivity index is 2.16. The van der Waals surface area contributed by atoms with Crippen LogP contribution < -0.4 is 4.74 Å². The number of rotatable bonds is 3. The van der Waals surface area contributed by atoms with Gasteiger partial charge in [0.15, 0.2) is 17.1 Å². The first-order chi connectivity index (χ1) is 12.0. The summed E-state index contributed by atoms with van der Waals surface area (Å²) >= 11 is 0. The summed E-state index contributed by atoms with van der Waals surface area (Å²) in [5.41, 5.74) is -1.14. The van der Waals surface area contributed by atoms with Crippen LogP contribution in [0.2, 0.25) is 0 Å². The van der Waals surface area contributed by atoms with Crippen molar-refractivity contribution in [2.45, 2.75) is 25.0 Å². The predicted octanol–water partition coefficient (Wildman–Crippen LogP) is 1.55. The molecule has 1 aliphatic heterocycles.